The zero-order chi connectivity index (χ0) is 29.4. The number of benzene rings is 1. The Labute approximate surface area is 232 Å². The van der Waals surface area contributed by atoms with Gasteiger partial charge < -0.3 is 10.6 Å². The fourth-order valence-electron chi connectivity index (χ4n) is 3.59. The monoisotopic (exact) mass is 602 g/mol. The summed E-state index contributed by atoms with van der Waals surface area (Å²) in [6.07, 6.45) is -4.07. The van der Waals surface area contributed by atoms with Crippen molar-refractivity contribution in [2.45, 2.75) is 25.6 Å². The minimum atomic E-state index is -5.87. The van der Waals surface area contributed by atoms with Crippen LogP contribution in [0.25, 0.3) is 5.82 Å². The molecular formula is C23H17Cl2F5N8O2. The number of halogens is 7. The molecule has 0 spiro atoms. The van der Waals surface area contributed by atoms with Gasteiger partial charge >= 0.3 is 12.1 Å². The molecular weight excluding hydrogens is 586 g/mol. The molecule has 0 radical (unpaired) electrons. The lowest BCUT2D eigenvalue weighted by molar-refractivity contribution is -0.291. The number of hydrogen-bond acceptors (Lipinski definition) is 6. The maximum absolute atomic E-state index is 13.7. The van der Waals surface area contributed by atoms with Gasteiger partial charge in [-0.2, -0.15) is 27.1 Å². The smallest absolute Gasteiger partial charge is 0.355 e. The number of amides is 2. The summed E-state index contributed by atoms with van der Waals surface area (Å²) in [6, 6.07) is 7.12. The Morgan fingerprint density at radius 2 is 1.80 bits per heavy atom. The quantitative estimate of drug-likeness (QED) is 0.294. The first-order chi connectivity index (χ1) is 18.7. The van der Waals surface area contributed by atoms with Crippen LogP contribution in [0.3, 0.4) is 0 Å². The van der Waals surface area contributed by atoms with Crippen LogP contribution in [-0.2, 0) is 12.5 Å². The Morgan fingerprint density at radius 3 is 2.45 bits per heavy atom. The fourth-order valence-corrected chi connectivity index (χ4v) is 4.07. The number of rotatable bonds is 7. The molecule has 0 saturated carbocycles. The minimum absolute atomic E-state index is 0.0120. The van der Waals surface area contributed by atoms with E-state index in [4.69, 9.17) is 23.2 Å². The second-order valence-corrected chi connectivity index (χ2v) is 9.14. The summed E-state index contributed by atoms with van der Waals surface area (Å²) < 4.78 is 67.2. The molecule has 1 aromatic carbocycles. The maximum Gasteiger partial charge on any atom is 0.459 e. The topological polar surface area (TPSA) is 120 Å². The van der Waals surface area contributed by atoms with Crippen molar-refractivity contribution in [3.05, 3.63) is 81.0 Å². The summed E-state index contributed by atoms with van der Waals surface area (Å²) in [4.78, 5) is 30.0. The molecule has 10 nitrogen and oxygen atoms in total. The lowest BCUT2D eigenvalue weighted by Crippen LogP contribution is -2.34. The van der Waals surface area contributed by atoms with Gasteiger partial charge in [0.1, 0.15) is 5.69 Å². The summed E-state index contributed by atoms with van der Waals surface area (Å²) in [6.45, 7) is 1.17. The highest BCUT2D eigenvalue weighted by molar-refractivity contribution is 6.32. The lowest BCUT2D eigenvalue weighted by Gasteiger charge is -2.16. The third kappa shape index (κ3) is 5.60. The molecule has 4 rings (SSSR count). The molecule has 3 aromatic heterocycles. The van der Waals surface area contributed by atoms with Crippen LogP contribution in [0, 0.1) is 6.92 Å². The highest BCUT2D eigenvalue weighted by atomic mass is 35.5. The van der Waals surface area contributed by atoms with Crippen LogP contribution in [0.2, 0.25) is 10.0 Å². The number of anilines is 1. The van der Waals surface area contributed by atoms with E-state index >= 15 is 0 Å². The van der Waals surface area contributed by atoms with E-state index in [1.54, 1.807) is 6.92 Å². The van der Waals surface area contributed by atoms with Crippen LogP contribution in [-0.4, -0.2) is 54.8 Å². The molecule has 0 atom stereocenters. The first-order valence-corrected chi connectivity index (χ1v) is 11.9. The van der Waals surface area contributed by atoms with Gasteiger partial charge in [-0.05, 0) is 42.8 Å². The third-order valence-electron chi connectivity index (χ3n) is 5.48. The van der Waals surface area contributed by atoms with E-state index in [2.05, 4.69) is 31.0 Å². The van der Waals surface area contributed by atoms with E-state index in [1.807, 2.05) is 0 Å². The summed E-state index contributed by atoms with van der Waals surface area (Å²) >= 11 is 12.3. The van der Waals surface area contributed by atoms with E-state index in [1.165, 1.54) is 43.6 Å². The Kier molecular flexibility index (Phi) is 7.81. The minimum Gasteiger partial charge on any atom is -0.355 e. The van der Waals surface area contributed by atoms with Gasteiger partial charge in [0.15, 0.2) is 11.5 Å². The molecule has 0 unspecified atom stereocenters. The van der Waals surface area contributed by atoms with Crippen LogP contribution in [0.1, 0.15) is 37.8 Å². The number of pyridine rings is 1. The van der Waals surface area contributed by atoms with Crippen molar-refractivity contribution in [2.75, 3.05) is 12.4 Å². The number of carbonyl (C=O) groups excluding carboxylic acids is 2. The normalized spacial score (nSPS) is 11.9. The largest absolute Gasteiger partial charge is 0.459 e. The molecule has 0 bridgehead atoms. The van der Waals surface area contributed by atoms with Gasteiger partial charge in [-0.25, -0.2) is 14.3 Å². The summed E-state index contributed by atoms with van der Waals surface area (Å²) in [5, 5.41) is 15.9. The Hall–Kier alpha value is -4.11. The first-order valence-electron chi connectivity index (χ1n) is 11.1. The van der Waals surface area contributed by atoms with Crippen LogP contribution >= 0.6 is 23.2 Å². The second kappa shape index (κ2) is 10.8. The number of nitrogens with one attached hydrogen (secondary N) is 2. The first kappa shape index (κ1) is 28.9. The predicted molar refractivity (Wildman–Crippen MR) is 133 cm³/mol. The van der Waals surface area contributed by atoms with Crippen molar-refractivity contribution in [3.8, 4) is 5.82 Å². The van der Waals surface area contributed by atoms with E-state index in [-0.39, 0.29) is 38.5 Å². The number of aryl methyl sites for hydroxylation is 1. The average Bonchev–Trinajstić information content (AvgIpc) is 3.52. The Balaban J connectivity index is 1.74. The second-order valence-electron chi connectivity index (χ2n) is 8.29. The summed E-state index contributed by atoms with van der Waals surface area (Å²) in [7, 11) is 1.40. The van der Waals surface area contributed by atoms with Gasteiger partial charge in [0.25, 0.3) is 11.8 Å². The van der Waals surface area contributed by atoms with Gasteiger partial charge in [-0.3, -0.25) is 9.59 Å². The molecule has 0 aliphatic rings. The zero-order valence-electron chi connectivity index (χ0n) is 20.4. The van der Waals surface area contributed by atoms with Gasteiger partial charge in [0, 0.05) is 18.3 Å². The van der Waals surface area contributed by atoms with Crippen LogP contribution in [0.15, 0.2) is 42.7 Å². The molecule has 17 heteroatoms. The molecule has 40 heavy (non-hydrogen) atoms. The molecule has 0 saturated heterocycles. The van der Waals surface area contributed by atoms with Crippen molar-refractivity contribution >= 4 is 40.7 Å². The highest BCUT2D eigenvalue weighted by Gasteiger charge is 2.60. The van der Waals surface area contributed by atoms with E-state index < -0.39 is 36.2 Å². The lowest BCUT2D eigenvalue weighted by atomic mass is 10.1. The van der Waals surface area contributed by atoms with Gasteiger partial charge in [-0.1, -0.05) is 28.4 Å². The van der Waals surface area contributed by atoms with Crippen molar-refractivity contribution in [1.29, 1.82) is 0 Å². The number of hydrogen-bond donors (Lipinski definition) is 2. The van der Waals surface area contributed by atoms with Crippen LogP contribution in [0.5, 0.6) is 0 Å². The molecule has 210 valence electrons. The Morgan fingerprint density at radius 1 is 1.07 bits per heavy atom. The molecule has 2 amide bonds. The average molecular weight is 603 g/mol. The number of carbonyl (C=O) groups is 2. The SMILES string of the molecule is CNC(=O)c1cc(Cl)cc(C)c1NC(=O)c1cc(Cn2cc(C(F)(F)C(F)(F)F)nn2)nn1-c1ncccc1Cl. The van der Waals surface area contributed by atoms with E-state index in [9.17, 15) is 31.5 Å². The van der Waals surface area contributed by atoms with Gasteiger partial charge in [0.05, 0.1) is 34.7 Å². The molecule has 0 aliphatic carbocycles. The van der Waals surface area contributed by atoms with Crippen LogP contribution in [0.4, 0.5) is 27.6 Å². The standard InChI is InChI=1S/C23H17Cl2F5N8O2/c1-11-6-12(24)7-14(20(39)31-2)18(11)33-21(40)16-8-13(35-38(16)19-15(25)4-3-5-32-19)9-37-10-17(34-36-37)22(26,27)23(28,29)30/h3-8,10H,9H2,1-2H3,(H,31,39)(H,33,40). The Bertz CT molecular complexity index is 1600. The maximum atomic E-state index is 13.7. The molecule has 0 fully saturated rings. The fraction of sp³-hybridized carbons (Fsp3) is 0.217. The highest BCUT2D eigenvalue weighted by Crippen LogP contribution is 2.42. The number of nitrogens with zero attached hydrogens (tertiary/aromatic N) is 6. The van der Waals surface area contributed by atoms with Crippen molar-refractivity contribution in [1.82, 2.24) is 35.1 Å². The number of aromatic nitrogens is 6. The van der Waals surface area contributed by atoms with Gasteiger partial charge in [0.2, 0.25) is 0 Å². The molecule has 0 aliphatic heterocycles. The zero-order valence-corrected chi connectivity index (χ0v) is 21.9. The van der Waals surface area contributed by atoms with Gasteiger partial charge in [-0.15, -0.1) is 5.10 Å². The molecule has 2 N–H and O–H groups in total. The van der Waals surface area contributed by atoms with Crippen molar-refractivity contribution in [3.63, 3.8) is 0 Å². The molecule has 3 heterocycles. The third-order valence-corrected chi connectivity index (χ3v) is 6.00. The van der Waals surface area contributed by atoms with Crippen molar-refractivity contribution in [2.24, 2.45) is 0 Å². The predicted octanol–water partition coefficient (Wildman–Crippen LogP) is 4.79. The number of alkyl halides is 5. The van der Waals surface area contributed by atoms with Crippen molar-refractivity contribution < 1.29 is 31.5 Å². The van der Waals surface area contributed by atoms with E-state index in [0.29, 0.717) is 16.4 Å². The van der Waals surface area contributed by atoms with E-state index in [0.717, 1.165) is 4.68 Å². The van der Waals surface area contributed by atoms with Crippen LogP contribution < -0.4 is 10.6 Å². The molecule has 4 aromatic rings. The summed E-state index contributed by atoms with van der Waals surface area (Å²) in [5.74, 6) is -6.52. The summed E-state index contributed by atoms with van der Waals surface area (Å²) in [5.41, 5.74) is -1.08.